The summed E-state index contributed by atoms with van der Waals surface area (Å²) < 4.78 is 6.13. The van der Waals surface area contributed by atoms with Gasteiger partial charge in [-0.15, -0.1) is 11.8 Å². The van der Waals surface area contributed by atoms with E-state index in [9.17, 15) is 9.59 Å². The minimum Gasteiger partial charge on any atom is -0.479 e. The first-order chi connectivity index (χ1) is 10.1. The van der Waals surface area contributed by atoms with Crippen LogP contribution in [-0.2, 0) is 14.3 Å². The van der Waals surface area contributed by atoms with E-state index in [2.05, 4.69) is 15.9 Å². The van der Waals surface area contributed by atoms with Crippen LogP contribution in [0.15, 0.2) is 33.6 Å². The van der Waals surface area contributed by atoms with Crippen LogP contribution in [-0.4, -0.2) is 53.4 Å². The summed E-state index contributed by atoms with van der Waals surface area (Å²) in [6, 6.07) is 7.91. The van der Waals surface area contributed by atoms with Gasteiger partial charge < -0.3 is 14.7 Å². The lowest BCUT2D eigenvalue weighted by molar-refractivity contribution is -0.159. The Morgan fingerprint density at radius 1 is 1.38 bits per heavy atom. The Morgan fingerprint density at radius 3 is 2.76 bits per heavy atom. The molecule has 1 unspecified atom stereocenters. The van der Waals surface area contributed by atoms with Gasteiger partial charge in [0.15, 0.2) is 6.10 Å². The van der Waals surface area contributed by atoms with Crippen LogP contribution in [0, 0.1) is 0 Å². The summed E-state index contributed by atoms with van der Waals surface area (Å²) in [5, 5.41) is 8.91. The fourth-order valence-corrected chi connectivity index (χ4v) is 3.08. The van der Waals surface area contributed by atoms with Crippen LogP contribution in [0.1, 0.15) is 6.42 Å². The summed E-state index contributed by atoms with van der Waals surface area (Å²) in [6.45, 7) is 0.880. The molecule has 1 heterocycles. The molecule has 1 aliphatic heterocycles. The van der Waals surface area contributed by atoms with Gasteiger partial charge >= 0.3 is 5.97 Å². The van der Waals surface area contributed by atoms with Crippen molar-refractivity contribution in [3.05, 3.63) is 28.7 Å². The van der Waals surface area contributed by atoms with E-state index in [1.54, 1.807) is 16.7 Å². The third-order valence-electron chi connectivity index (χ3n) is 3.09. The summed E-state index contributed by atoms with van der Waals surface area (Å²) in [7, 11) is 0. The van der Waals surface area contributed by atoms with Crippen molar-refractivity contribution in [2.75, 3.05) is 25.4 Å². The predicted octanol–water partition coefficient (Wildman–Crippen LogP) is 2.24. The molecule has 0 spiro atoms. The van der Waals surface area contributed by atoms with E-state index >= 15 is 0 Å². The van der Waals surface area contributed by atoms with E-state index in [1.165, 1.54) is 0 Å². The van der Waals surface area contributed by atoms with E-state index < -0.39 is 12.1 Å². The first-order valence-electron chi connectivity index (χ1n) is 6.57. The van der Waals surface area contributed by atoms with Crippen molar-refractivity contribution in [3.63, 3.8) is 0 Å². The number of amides is 1. The molecule has 1 fully saturated rings. The molecule has 0 saturated carbocycles. The van der Waals surface area contributed by atoms with Crippen LogP contribution in [0.5, 0.6) is 0 Å². The number of halogens is 1. The number of morpholine rings is 1. The van der Waals surface area contributed by atoms with E-state index in [1.807, 2.05) is 24.3 Å². The second-order valence-corrected chi connectivity index (χ2v) is 6.67. The summed E-state index contributed by atoms with van der Waals surface area (Å²) in [4.78, 5) is 25.6. The molecule has 0 aliphatic carbocycles. The van der Waals surface area contributed by atoms with E-state index in [-0.39, 0.29) is 19.1 Å². The number of nitrogens with zero attached hydrogens (tertiary/aromatic N) is 1. The summed E-state index contributed by atoms with van der Waals surface area (Å²) in [5.41, 5.74) is 0. The van der Waals surface area contributed by atoms with Crippen LogP contribution < -0.4 is 0 Å². The number of carboxylic acid groups (broad SMARTS) is 1. The topological polar surface area (TPSA) is 66.8 Å². The number of hydrogen-bond donors (Lipinski definition) is 1. The number of aliphatic carboxylic acids is 1. The molecule has 1 amide bonds. The normalized spacial score (nSPS) is 18.5. The monoisotopic (exact) mass is 373 g/mol. The molecule has 21 heavy (non-hydrogen) atoms. The number of hydrogen-bond acceptors (Lipinski definition) is 4. The zero-order chi connectivity index (χ0) is 15.2. The first-order valence-corrected chi connectivity index (χ1v) is 8.34. The fourth-order valence-electron chi connectivity index (χ4n) is 1.97. The van der Waals surface area contributed by atoms with Gasteiger partial charge in [-0.2, -0.15) is 0 Å². The van der Waals surface area contributed by atoms with Crippen LogP contribution in [0.3, 0.4) is 0 Å². The molecule has 1 saturated heterocycles. The summed E-state index contributed by atoms with van der Waals surface area (Å²) >= 11 is 4.99. The smallest absolute Gasteiger partial charge is 0.334 e. The van der Waals surface area contributed by atoms with Gasteiger partial charge in [0, 0.05) is 28.1 Å². The second kappa shape index (κ2) is 7.82. The van der Waals surface area contributed by atoms with Gasteiger partial charge in [-0.25, -0.2) is 4.79 Å². The van der Waals surface area contributed by atoms with Gasteiger partial charge in [-0.3, -0.25) is 4.79 Å². The highest BCUT2D eigenvalue weighted by atomic mass is 79.9. The number of carbonyl (C=O) groups is 2. The second-order valence-electron chi connectivity index (χ2n) is 4.59. The predicted molar refractivity (Wildman–Crippen MR) is 83.4 cm³/mol. The molecule has 1 aromatic carbocycles. The minimum absolute atomic E-state index is 0.0193. The molecule has 1 aromatic rings. The molecule has 5 nitrogen and oxygen atoms in total. The molecule has 0 radical (unpaired) electrons. The van der Waals surface area contributed by atoms with Crippen molar-refractivity contribution in [2.24, 2.45) is 0 Å². The SMILES string of the molecule is O=C(O)C1CN(C(=O)CCSc2ccc(Br)cc2)CCO1. The quantitative estimate of drug-likeness (QED) is 0.801. The van der Waals surface area contributed by atoms with Crippen molar-refractivity contribution >= 4 is 39.6 Å². The van der Waals surface area contributed by atoms with Crippen LogP contribution in [0.4, 0.5) is 0 Å². The fraction of sp³-hybridized carbons (Fsp3) is 0.429. The number of rotatable bonds is 5. The average molecular weight is 374 g/mol. The van der Waals surface area contributed by atoms with Gasteiger partial charge in [-0.05, 0) is 24.3 Å². The molecular weight excluding hydrogens is 358 g/mol. The molecule has 0 bridgehead atoms. The molecule has 0 aromatic heterocycles. The van der Waals surface area contributed by atoms with Crippen molar-refractivity contribution < 1.29 is 19.4 Å². The number of carbonyl (C=O) groups excluding carboxylic acids is 1. The van der Waals surface area contributed by atoms with E-state index in [0.717, 1.165) is 9.37 Å². The Morgan fingerprint density at radius 2 is 2.10 bits per heavy atom. The number of benzene rings is 1. The molecule has 114 valence electrons. The number of carboxylic acids is 1. The first kappa shape index (κ1) is 16.3. The third kappa shape index (κ3) is 5.01. The van der Waals surface area contributed by atoms with Crippen molar-refractivity contribution in [2.45, 2.75) is 17.4 Å². The third-order valence-corrected chi connectivity index (χ3v) is 4.64. The molecule has 2 rings (SSSR count). The Bertz CT molecular complexity index is 508. The van der Waals surface area contributed by atoms with E-state index in [4.69, 9.17) is 9.84 Å². The maximum absolute atomic E-state index is 12.1. The van der Waals surface area contributed by atoms with Crippen molar-refractivity contribution in [3.8, 4) is 0 Å². The Balaban J connectivity index is 1.76. The maximum Gasteiger partial charge on any atom is 0.334 e. The van der Waals surface area contributed by atoms with Crippen molar-refractivity contribution in [1.82, 2.24) is 4.90 Å². The number of thioether (sulfide) groups is 1. The van der Waals surface area contributed by atoms with Crippen LogP contribution in [0.25, 0.3) is 0 Å². The zero-order valence-electron chi connectivity index (χ0n) is 11.3. The minimum atomic E-state index is -1.02. The Labute approximate surface area is 135 Å². The van der Waals surface area contributed by atoms with Gasteiger partial charge in [0.2, 0.25) is 5.91 Å². The highest BCUT2D eigenvalue weighted by Gasteiger charge is 2.28. The average Bonchev–Trinajstić information content (AvgIpc) is 2.49. The molecule has 7 heteroatoms. The summed E-state index contributed by atoms with van der Waals surface area (Å²) in [5.74, 6) is -0.360. The lowest BCUT2D eigenvalue weighted by atomic mass is 10.2. The number of ether oxygens (including phenoxy) is 1. The highest BCUT2D eigenvalue weighted by molar-refractivity contribution is 9.10. The van der Waals surface area contributed by atoms with Crippen molar-refractivity contribution in [1.29, 1.82) is 0 Å². The standard InChI is InChI=1S/C14H16BrNO4S/c15-10-1-3-11(4-2-10)21-8-5-13(17)16-6-7-20-12(9-16)14(18)19/h1-4,12H,5-9H2,(H,18,19). The molecule has 1 aliphatic rings. The van der Waals surface area contributed by atoms with Gasteiger partial charge in [0.1, 0.15) is 0 Å². The maximum atomic E-state index is 12.1. The Hall–Kier alpha value is -1.05. The van der Waals surface area contributed by atoms with Gasteiger partial charge in [0.05, 0.1) is 13.2 Å². The van der Waals surface area contributed by atoms with E-state index in [0.29, 0.717) is 18.7 Å². The van der Waals surface area contributed by atoms with Crippen LogP contribution in [0.2, 0.25) is 0 Å². The Kier molecular flexibility index (Phi) is 6.08. The molecule has 1 N–H and O–H groups in total. The molecule has 1 atom stereocenters. The van der Waals surface area contributed by atoms with Crippen LogP contribution >= 0.6 is 27.7 Å². The highest BCUT2D eigenvalue weighted by Crippen LogP contribution is 2.21. The zero-order valence-corrected chi connectivity index (χ0v) is 13.7. The largest absolute Gasteiger partial charge is 0.479 e. The lowest BCUT2D eigenvalue weighted by Gasteiger charge is -2.30. The van der Waals surface area contributed by atoms with Gasteiger partial charge in [-0.1, -0.05) is 15.9 Å². The van der Waals surface area contributed by atoms with Gasteiger partial charge in [0.25, 0.3) is 0 Å². The lowest BCUT2D eigenvalue weighted by Crippen LogP contribution is -2.48. The molecular formula is C14H16BrNO4S. The summed E-state index contributed by atoms with van der Waals surface area (Å²) in [6.07, 6.45) is -0.505.